The van der Waals surface area contributed by atoms with Gasteiger partial charge in [0.1, 0.15) is 5.75 Å². The first-order chi connectivity index (χ1) is 7.25. The van der Waals surface area contributed by atoms with Crippen molar-refractivity contribution in [2.45, 2.75) is 12.5 Å². The predicted molar refractivity (Wildman–Crippen MR) is 55.1 cm³/mol. The van der Waals surface area contributed by atoms with Gasteiger partial charge >= 0.3 is 0 Å². The molecule has 5 heteroatoms. The number of nitrogens with one attached hydrogen (secondary N) is 1. The average molecular weight is 204 g/mol. The molecule has 1 atom stereocenters. The van der Waals surface area contributed by atoms with E-state index in [-0.39, 0.29) is 11.8 Å². The maximum absolute atomic E-state index is 9.28. The second kappa shape index (κ2) is 4.10. The number of phenolic OH excluding ortho intramolecular Hbond substituents is 1. The summed E-state index contributed by atoms with van der Waals surface area (Å²) in [5.74, 6) is 0.250. The zero-order valence-electron chi connectivity index (χ0n) is 8.09. The molecule has 1 aromatic heterocycles. The zero-order valence-corrected chi connectivity index (χ0v) is 8.09. The van der Waals surface area contributed by atoms with Crippen LogP contribution < -0.4 is 5.73 Å². The lowest BCUT2D eigenvalue weighted by molar-refractivity contribution is 0.474. The Morgan fingerprint density at radius 3 is 3.00 bits per heavy atom. The molecule has 5 nitrogen and oxygen atoms in total. The number of nitrogens with two attached hydrogens (primary N) is 1. The summed E-state index contributed by atoms with van der Waals surface area (Å²) in [7, 11) is 0. The molecule has 1 unspecified atom stereocenters. The normalized spacial score (nSPS) is 12.6. The molecule has 0 aliphatic heterocycles. The SMILES string of the molecule is NC(Cc1cccc(O)c1)c1cn[nH]n1. The molecule has 0 amide bonds. The maximum atomic E-state index is 9.28. The van der Waals surface area contributed by atoms with E-state index in [1.165, 1.54) is 0 Å². The average Bonchev–Trinajstić information content (AvgIpc) is 2.70. The summed E-state index contributed by atoms with van der Waals surface area (Å²) in [5.41, 5.74) is 7.62. The van der Waals surface area contributed by atoms with E-state index >= 15 is 0 Å². The van der Waals surface area contributed by atoms with E-state index in [1.54, 1.807) is 24.4 Å². The van der Waals surface area contributed by atoms with Gasteiger partial charge in [-0.1, -0.05) is 12.1 Å². The molecule has 4 N–H and O–H groups in total. The Labute approximate surface area is 86.9 Å². The zero-order chi connectivity index (χ0) is 10.7. The molecule has 0 radical (unpaired) electrons. The quantitative estimate of drug-likeness (QED) is 0.688. The molecule has 0 aliphatic carbocycles. The fraction of sp³-hybridized carbons (Fsp3) is 0.200. The lowest BCUT2D eigenvalue weighted by atomic mass is 10.0. The fourth-order valence-electron chi connectivity index (χ4n) is 1.43. The molecule has 0 spiro atoms. The van der Waals surface area contributed by atoms with Crippen LogP contribution in [0, 0.1) is 0 Å². The topological polar surface area (TPSA) is 87.8 Å². The third kappa shape index (κ3) is 2.32. The van der Waals surface area contributed by atoms with E-state index in [0.29, 0.717) is 6.42 Å². The molecule has 0 saturated carbocycles. The summed E-state index contributed by atoms with van der Waals surface area (Å²) < 4.78 is 0. The molecule has 78 valence electrons. The number of aromatic nitrogens is 3. The van der Waals surface area contributed by atoms with E-state index in [1.807, 2.05) is 6.07 Å². The van der Waals surface area contributed by atoms with Crippen molar-refractivity contribution in [2.75, 3.05) is 0 Å². The number of nitrogens with zero attached hydrogens (tertiary/aromatic N) is 2. The van der Waals surface area contributed by atoms with Crippen LogP contribution in [0.1, 0.15) is 17.3 Å². The van der Waals surface area contributed by atoms with Crippen molar-refractivity contribution >= 4 is 0 Å². The molecular weight excluding hydrogens is 192 g/mol. The number of rotatable bonds is 3. The number of benzene rings is 1. The highest BCUT2D eigenvalue weighted by atomic mass is 16.3. The number of hydrogen-bond acceptors (Lipinski definition) is 4. The standard InChI is InChI=1S/C10H12N4O/c11-9(10-6-12-14-13-10)5-7-2-1-3-8(15)4-7/h1-4,6,9,15H,5,11H2,(H,12,13,14). The summed E-state index contributed by atoms with van der Waals surface area (Å²) in [6, 6.07) is 6.83. The Kier molecular flexibility index (Phi) is 2.64. The summed E-state index contributed by atoms with van der Waals surface area (Å²) >= 11 is 0. The van der Waals surface area contributed by atoms with Crippen LogP contribution in [0.2, 0.25) is 0 Å². The summed E-state index contributed by atoms with van der Waals surface area (Å²) in [4.78, 5) is 0. The summed E-state index contributed by atoms with van der Waals surface area (Å²) in [5, 5.41) is 19.4. The Hall–Kier alpha value is -1.88. The van der Waals surface area contributed by atoms with Crippen LogP contribution in [0.4, 0.5) is 0 Å². The first kappa shape index (κ1) is 9.67. The van der Waals surface area contributed by atoms with Crippen molar-refractivity contribution in [1.29, 1.82) is 0 Å². The van der Waals surface area contributed by atoms with E-state index in [0.717, 1.165) is 11.3 Å². The van der Waals surface area contributed by atoms with E-state index < -0.39 is 0 Å². The second-order valence-electron chi connectivity index (χ2n) is 3.38. The van der Waals surface area contributed by atoms with Gasteiger partial charge in [-0.3, -0.25) is 0 Å². The molecule has 1 aromatic carbocycles. The van der Waals surface area contributed by atoms with E-state index in [2.05, 4.69) is 15.4 Å². The number of aromatic hydroxyl groups is 1. The largest absolute Gasteiger partial charge is 0.508 e. The third-order valence-corrected chi connectivity index (χ3v) is 2.18. The summed E-state index contributed by atoms with van der Waals surface area (Å²) in [6.45, 7) is 0. The van der Waals surface area contributed by atoms with Gasteiger partial charge in [0.25, 0.3) is 0 Å². The van der Waals surface area contributed by atoms with Gasteiger partial charge in [0, 0.05) is 0 Å². The van der Waals surface area contributed by atoms with Gasteiger partial charge in [0.05, 0.1) is 17.9 Å². The van der Waals surface area contributed by atoms with Crippen LogP contribution in [-0.2, 0) is 6.42 Å². The minimum Gasteiger partial charge on any atom is -0.508 e. The minimum absolute atomic E-state index is 0.203. The number of aromatic amines is 1. The van der Waals surface area contributed by atoms with Gasteiger partial charge in [0.2, 0.25) is 0 Å². The van der Waals surface area contributed by atoms with E-state index in [9.17, 15) is 5.11 Å². The lowest BCUT2D eigenvalue weighted by Gasteiger charge is -2.07. The van der Waals surface area contributed by atoms with Gasteiger partial charge in [-0.2, -0.15) is 15.4 Å². The lowest BCUT2D eigenvalue weighted by Crippen LogP contribution is -2.13. The first-order valence-electron chi connectivity index (χ1n) is 4.65. The molecule has 0 aliphatic rings. The van der Waals surface area contributed by atoms with Crippen LogP contribution in [0.15, 0.2) is 30.5 Å². The Morgan fingerprint density at radius 1 is 1.47 bits per heavy atom. The molecule has 0 bridgehead atoms. The predicted octanol–water partition coefficient (Wildman–Crippen LogP) is 0.753. The molecule has 1 heterocycles. The molecular formula is C10H12N4O. The van der Waals surface area contributed by atoms with Crippen molar-refractivity contribution in [3.05, 3.63) is 41.7 Å². The third-order valence-electron chi connectivity index (χ3n) is 2.18. The molecule has 2 aromatic rings. The van der Waals surface area contributed by atoms with Gasteiger partial charge in [-0.15, -0.1) is 0 Å². The van der Waals surface area contributed by atoms with Crippen LogP contribution >= 0.6 is 0 Å². The monoisotopic (exact) mass is 204 g/mol. The summed E-state index contributed by atoms with van der Waals surface area (Å²) in [6.07, 6.45) is 2.23. The fourth-order valence-corrected chi connectivity index (χ4v) is 1.43. The van der Waals surface area contributed by atoms with Crippen molar-refractivity contribution in [1.82, 2.24) is 15.4 Å². The van der Waals surface area contributed by atoms with Crippen molar-refractivity contribution in [3.8, 4) is 5.75 Å². The van der Waals surface area contributed by atoms with Gasteiger partial charge in [-0.25, -0.2) is 0 Å². The van der Waals surface area contributed by atoms with Gasteiger partial charge in [0.15, 0.2) is 0 Å². The molecule has 15 heavy (non-hydrogen) atoms. The van der Waals surface area contributed by atoms with Crippen molar-refractivity contribution in [3.63, 3.8) is 0 Å². The Bertz CT molecular complexity index is 427. The smallest absolute Gasteiger partial charge is 0.115 e. The highest BCUT2D eigenvalue weighted by Gasteiger charge is 2.09. The minimum atomic E-state index is -0.203. The Balaban J connectivity index is 2.09. The molecule has 0 saturated heterocycles. The molecule has 0 fully saturated rings. The van der Waals surface area contributed by atoms with Crippen LogP contribution in [0.25, 0.3) is 0 Å². The van der Waals surface area contributed by atoms with E-state index in [4.69, 9.17) is 5.73 Å². The Morgan fingerprint density at radius 2 is 2.33 bits per heavy atom. The van der Waals surface area contributed by atoms with Gasteiger partial charge < -0.3 is 10.8 Å². The first-order valence-corrected chi connectivity index (χ1v) is 4.65. The number of phenols is 1. The van der Waals surface area contributed by atoms with Crippen LogP contribution in [-0.4, -0.2) is 20.5 Å². The van der Waals surface area contributed by atoms with Gasteiger partial charge in [-0.05, 0) is 24.1 Å². The van der Waals surface area contributed by atoms with Crippen LogP contribution in [0.5, 0.6) is 5.75 Å². The maximum Gasteiger partial charge on any atom is 0.115 e. The number of H-pyrrole nitrogens is 1. The van der Waals surface area contributed by atoms with Crippen molar-refractivity contribution in [2.24, 2.45) is 5.73 Å². The highest BCUT2D eigenvalue weighted by Crippen LogP contribution is 2.16. The second-order valence-corrected chi connectivity index (χ2v) is 3.38. The van der Waals surface area contributed by atoms with Crippen molar-refractivity contribution < 1.29 is 5.11 Å². The number of hydrogen-bond donors (Lipinski definition) is 3. The van der Waals surface area contributed by atoms with Crippen LogP contribution in [0.3, 0.4) is 0 Å². The molecule has 2 rings (SSSR count). The highest BCUT2D eigenvalue weighted by molar-refractivity contribution is 5.28.